The average Bonchev–Trinajstić information content (AvgIpc) is 2.04. The van der Waals surface area contributed by atoms with Crippen molar-refractivity contribution in [3.63, 3.8) is 0 Å². The molecule has 13 heavy (non-hydrogen) atoms. The van der Waals surface area contributed by atoms with Gasteiger partial charge in [0.05, 0.1) is 6.42 Å². The quantitative estimate of drug-likeness (QED) is 0.554. The van der Waals surface area contributed by atoms with E-state index in [-0.39, 0.29) is 12.2 Å². The van der Waals surface area contributed by atoms with Crippen LogP contribution in [0.5, 0.6) is 0 Å². The molecular weight excluding hydrogens is 166 g/mol. The number of aryl methyl sites for hydroxylation is 1. The third-order valence-corrected chi connectivity index (χ3v) is 1.71. The molecule has 0 saturated carbocycles. The van der Waals surface area contributed by atoms with Crippen LogP contribution in [0.2, 0.25) is 0 Å². The second-order valence-electron chi connectivity index (χ2n) is 2.93. The Morgan fingerprint density at radius 1 is 1.23 bits per heavy atom. The Morgan fingerprint density at radius 2 is 1.77 bits per heavy atom. The maximum Gasteiger partial charge on any atom is 0.225 e. The molecule has 0 aliphatic rings. The first kappa shape index (κ1) is 9.45. The Morgan fingerprint density at radius 3 is 2.23 bits per heavy atom. The van der Waals surface area contributed by atoms with Gasteiger partial charge in [-0.05, 0) is 6.92 Å². The Kier molecular flexibility index (Phi) is 2.80. The van der Waals surface area contributed by atoms with Crippen LogP contribution in [0.1, 0.15) is 22.3 Å². The molecule has 0 aliphatic carbocycles. The van der Waals surface area contributed by atoms with E-state index in [4.69, 9.17) is 5.73 Å². The minimum absolute atomic E-state index is 0.219. The summed E-state index contributed by atoms with van der Waals surface area (Å²) in [6.07, 6.45) is -0.219. The number of rotatable bonds is 3. The maximum absolute atomic E-state index is 11.3. The van der Waals surface area contributed by atoms with E-state index in [0.717, 1.165) is 5.56 Å². The molecule has 0 fully saturated rings. The lowest BCUT2D eigenvalue weighted by molar-refractivity contribution is -0.117. The second kappa shape index (κ2) is 3.85. The Balaban J connectivity index is 2.78. The number of carbonyl (C=O) groups excluding carboxylic acids is 2. The molecule has 68 valence electrons. The zero-order chi connectivity index (χ0) is 9.84. The van der Waals surface area contributed by atoms with Gasteiger partial charge in [-0.25, -0.2) is 0 Å². The van der Waals surface area contributed by atoms with E-state index in [0.29, 0.717) is 5.56 Å². The van der Waals surface area contributed by atoms with Crippen molar-refractivity contribution >= 4 is 11.7 Å². The molecule has 0 atom stereocenters. The number of benzene rings is 1. The molecule has 0 aliphatic heterocycles. The van der Waals surface area contributed by atoms with Crippen LogP contribution in [0.25, 0.3) is 0 Å². The summed E-state index contributed by atoms with van der Waals surface area (Å²) in [5.41, 5.74) is 6.51. The summed E-state index contributed by atoms with van der Waals surface area (Å²) in [6.45, 7) is 1.93. The number of ketones is 1. The van der Waals surface area contributed by atoms with Crippen molar-refractivity contribution in [2.45, 2.75) is 13.3 Å². The van der Waals surface area contributed by atoms with Gasteiger partial charge in [0.2, 0.25) is 5.91 Å². The molecule has 1 rings (SSSR count). The fourth-order valence-corrected chi connectivity index (χ4v) is 1.000. The Hall–Kier alpha value is -1.64. The van der Waals surface area contributed by atoms with Gasteiger partial charge in [-0.1, -0.05) is 29.8 Å². The summed E-state index contributed by atoms with van der Waals surface area (Å²) in [5.74, 6) is -0.821. The predicted octanol–water partition coefficient (Wildman–Crippen LogP) is 1.05. The molecule has 1 aromatic rings. The molecular formula is C10H11NO2. The van der Waals surface area contributed by atoms with Crippen LogP contribution in [0.3, 0.4) is 0 Å². The topological polar surface area (TPSA) is 60.2 Å². The summed E-state index contributed by atoms with van der Waals surface area (Å²) in [5, 5.41) is 0. The van der Waals surface area contributed by atoms with Crippen molar-refractivity contribution in [1.82, 2.24) is 0 Å². The molecule has 3 heteroatoms. The van der Waals surface area contributed by atoms with E-state index in [1.165, 1.54) is 0 Å². The predicted molar refractivity (Wildman–Crippen MR) is 49.3 cm³/mol. The van der Waals surface area contributed by atoms with Gasteiger partial charge in [0, 0.05) is 5.56 Å². The number of hydrogen-bond donors (Lipinski definition) is 1. The highest BCUT2D eigenvalue weighted by molar-refractivity contribution is 6.06. The second-order valence-corrected chi connectivity index (χ2v) is 2.93. The standard InChI is InChI=1S/C10H11NO2/c1-7-2-4-8(5-3-7)9(12)6-10(11)13/h2-5H,6H2,1H3,(H2,11,13). The normalized spacial score (nSPS) is 9.62. The monoisotopic (exact) mass is 177 g/mol. The van der Waals surface area contributed by atoms with Crippen molar-refractivity contribution in [1.29, 1.82) is 0 Å². The first-order valence-electron chi connectivity index (χ1n) is 3.98. The number of nitrogens with two attached hydrogens (primary N) is 1. The smallest absolute Gasteiger partial charge is 0.225 e. The molecule has 0 radical (unpaired) electrons. The van der Waals surface area contributed by atoms with Crippen molar-refractivity contribution in [3.8, 4) is 0 Å². The number of Topliss-reactive ketones (excluding diaryl/α,β-unsaturated/α-hetero) is 1. The van der Waals surface area contributed by atoms with Crippen LogP contribution in [0.15, 0.2) is 24.3 Å². The molecule has 1 aromatic carbocycles. The minimum Gasteiger partial charge on any atom is -0.369 e. The molecule has 0 spiro atoms. The molecule has 1 amide bonds. The molecule has 3 nitrogen and oxygen atoms in total. The van der Waals surface area contributed by atoms with Crippen LogP contribution in [-0.4, -0.2) is 11.7 Å². The van der Waals surface area contributed by atoms with Crippen LogP contribution in [0.4, 0.5) is 0 Å². The lowest BCUT2D eigenvalue weighted by Crippen LogP contribution is -2.16. The van der Waals surface area contributed by atoms with Gasteiger partial charge in [-0.2, -0.15) is 0 Å². The third kappa shape index (κ3) is 2.71. The highest BCUT2D eigenvalue weighted by atomic mass is 16.2. The van der Waals surface area contributed by atoms with Gasteiger partial charge in [-0.3, -0.25) is 9.59 Å². The first-order chi connectivity index (χ1) is 6.09. The molecule has 0 saturated heterocycles. The van der Waals surface area contributed by atoms with Crippen LogP contribution >= 0.6 is 0 Å². The lowest BCUT2D eigenvalue weighted by atomic mass is 10.1. The first-order valence-corrected chi connectivity index (χ1v) is 3.98. The molecule has 0 heterocycles. The van der Waals surface area contributed by atoms with Gasteiger partial charge < -0.3 is 5.73 Å². The molecule has 0 bridgehead atoms. The number of primary amides is 1. The van der Waals surface area contributed by atoms with Crippen molar-refractivity contribution in [2.24, 2.45) is 5.73 Å². The number of hydrogen-bond acceptors (Lipinski definition) is 2. The largest absolute Gasteiger partial charge is 0.369 e. The summed E-state index contributed by atoms with van der Waals surface area (Å²) in [4.78, 5) is 21.7. The van der Waals surface area contributed by atoms with Gasteiger partial charge in [0.25, 0.3) is 0 Å². The van der Waals surface area contributed by atoms with Crippen LogP contribution in [-0.2, 0) is 4.79 Å². The van der Waals surface area contributed by atoms with E-state index in [1.807, 2.05) is 19.1 Å². The lowest BCUT2D eigenvalue weighted by Gasteiger charge is -1.98. The summed E-state index contributed by atoms with van der Waals surface area (Å²) in [7, 11) is 0. The highest BCUT2D eigenvalue weighted by Crippen LogP contribution is 2.05. The number of carbonyl (C=O) groups is 2. The van der Waals surface area contributed by atoms with Crippen molar-refractivity contribution < 1.29 is 9.59 Å². The third-order valence-electron chi connectivity index (χ3n) is 1.71. The van der Waals surface area contributed by atoms with Crippen LogP contribution in [0, 0.1) is 6.92 Å². The SMILES string of the molecule is Cc1ccc(C(=O)CC(N)=O)cc1. The minimum atomic E-state index is -0.592. The van der Waals surface area contributed by atoms with E-state index in [1.54, 1.807) is 12.1 Å². The summed E-state index contributed by atoms with van der Waals surface area (Å²) < 4.78 is 0. The molecule has 0 aromatic heterocycles. The van der Waals surface area contributed by atoms with Crippen LogP contribution < -0.4 is 5.73 Å². The van der Waals surface area contributed by atoms with Gasteiger partial charge in [-0.15, -0.1) is 0 Å². The zero-order valence-corrected chi connectivity index (χ0v) is 7.41. The summed E-state index contributed by atoms with van der Waals surface area (Å²) in [6, 6.07) is 7.05. The zero-order valence-electron chi connectivity index (χ0n) is 7.41. The van der Waals surface area contributed by atoms with E-state index >= 15 is 0 Å². The molecule has 2 N–H and O–H groups in total. The van der Waals surface area contributed by atoms with Gasteiger partial charge >= 0.3 is 0 Å². The highest BCUT2D eigenvalue weighted by Gasteiger charge is 2.07. The number of amides is 1. The molecule has 0 unspecified atom stereocenters. The van der Waals surface area contributed by atoms with E-state index < -0.39 is 5.91 Å². The Bertz CT molecular complexity index is 327. The fraction of sp³-hybridized carbons (Fsp3) is 0.200. The van der Waals surface area contributed by atoms with Gasteiger partial charge in [0.15, 0.2) is 5.78 Å². The van der Waals surface area contributed by atoms with Crippen molar-refractivity contribution in [2.75, 3.05) is 0 Å². The van der Waals surface area contributed by atoms with Gasteiger partial charge in [0.1, 0.15) is 0 Å². The van der Waals surface area contributed by atoms with E-state index in [2.05, 4.69) is 0 Å². The van der Waals surface area contributed by atoms with E-state index in [9.17, 15) is 9.59 Å². The van der Waals surface area contributed by atoms with Crippen molar-refractivity contribution in [3.05, 3.63) is 35.4 Å². The Labute approximate surface area is 76.6 Å². The fourth-order valence-electron chi connectivity index (χ4n) is 1.000. The maximum atomic E-state index is 11.3. The average molecular weight is 177 g/mol. The summed E-state index contributed by atoms with van der Waals surface area (Å²) >= 11 is 0.